The Bertz CT molecular complexity index is 235. The summed E-state index contributed by atoms with van der Waals surface area (Å²) in [6.45, 7) is 4.19. The van der Waals surface area contributed by atoms with Crippen LogP contribution in [0.4, 0.5) is 0 Å². The first-order valence-electron chi connectivity index (χ1n) is 12.3. The number of hydrogen-bond acceptors (Lipinski definition) is 4. The molecule has 0 saturated heterocycles. The van der Waals surface area contributed by atoms with Gasteiger partial charge in [0.1, 0.15) is 0 Å². The largest absolute Gasteiger partial charge is 0.396 e. The maximum absolute atomic E-state index is 8.72. The van der Waals surface area contributed by atoms with E-state index in [0.717, 1.165) is 45.7 Å². The monoisotopic (exact) mass is 402 g/mol. The van der Waals surface area contributed by atoms with Crippen LogP contribution in [0.3, 0.4) is 0 Å². The lowest BCUT2D eigenvalue weighted by atomic mass is 10.1. The van der Waals surface area contributed by atoms with E-state index < -0.39 is 0 Å². The zero-order valence-corrected chi connectivity index (χ0v) is 18.7. The fourth-order valence-corrected chi connectivity index (χ4v) is 3.37. The number of aliphatic hydroxyl groups excluding tert-OH is 2. The summed E-state index contributed by atoms with van der Waals surface area (Å²) in [5, 5.41) is 17.4. The molecule has 28 heavy (non-hydrogen) atoms. The van der Waals surface area contributed by atoms with E-state index in [1.54, 1.807) is 0 Å². The molecule has 0 amide bonds. The van der Waals surface area contributed by atoms with Crippen molar-refractivity contribution in [2.45, 2.75) is 116 Å². The van der Waals surface area contributed by atoms with Crippen LogP contribution in [0.2, 0.25) is 0 Å². The van der Waals surface area contributed by atoms with E-state index in [4.69, 9.17) is 19.7 Å². The van der Waals surface area contributed by atoms with E-state index in [0.29, 0.717) is 6.61 Å². The fraction of sp³-hybridized carbons (Fsp3) is 1.00. The summed E-state index contributed by atoms with van der Waals surface area (Å²) in [4.78, 5) is 0. The van der Waals surface area contributed by atoms with E-state index in [1.165, 1.54) is 96.3 Å². The highest BCUT2D eigenvalue weighted by Crippen LogP contribution is 2.10. The van der Waals surface area contributed by atoms with Crippen LogP contribution in [0, 0.1) is 0 Å². The fourth-order valence-electron chi connectivity index (χ4n) is 3.37. The summed E-state index contributed by atoms with van der Waals surface area (Å²) >= 11 is 0. The summed E-state index contributed by atoms with van der Waals surface area (Å²) in [7, 11) is 0. The van der Waals surface area contributed by atoms with Crippen molar-refractivity contribution >= 4 is 0 Å². The van der Waals surface area contributed by atoms with Gasteiger partial charge in [-0.05, 0) is 38.5 Å². The van der Waals surface area contributed by atoms with E-state index in [2.05, 4.69) is 0 Å². The van der Waals surface area contributed by atoms with Crippen LogP contribution in [0.15, 0.2) is 0 Å². The molecule has 0 aromatic heterocycles. The quantitative estimate of drug-likeness (QED) is 0.183. The number of hydrogen-bond donors (Lipinski definition) is 2. The summed E-state index contributed by atoms with van der Waals surface area (Å²) in [5.41, 5.74) is 0. The van der Waals surface area contributed by atoms with Crippen molar-refractivity contribution in [2.75, 3.05) is 39.6 Å². The molecule has 170 valence electrons. The van der Waals surface area contributed by atoms with Crippen LogP contribution in [0.1, 0.15) is 116 Å². The van der Waals surface area contributed by atoms with Crippen LogP contribution >= 0.6 is 0 Å². The van der Waals surface area contributed by atoms with Gasteiger partial charge in [0.2, 0.25) is 0 Å². The van der Waals surface area contributed by atoms with Gasteiger partial charge in [-0.15, -0.1) is 0 Å². The Morgan fingerprint density at radius 1 is 0.286 bits per heavy atom. The van der Waals surface area contributed by atoms with Crippen molar-refractivity contribution in [2.24, 2.45) is 0 Å². The van der Waals surface area contributed by atoms with Crippen molar-refractivity contribution in [1.29, 1.82) is 0 Å². The molecule has 0 radical (unpaired) electrons. The Morgan fingerprint density at radius 2 is 0.500 bits per heavy atom. The molecular formula is C24H50O4. The second-order valence-electron chi connectivity index (χ2n) is 8.04. The molecule has 0 heterocycles. The molecule has 0 spiro atoms. The van der Waals surface area contributed by atoms with Gasteiger partial charge < -0.3 is 19.7 Å². The topological polar surface area (TPSA) is 58.9 Å². The molecule has 4 heteroatoms. The first-order chi connectivity index (χ1) is 13.9. The van der Waals surface area contributed by atoms with Crippen LogP contribution in [0.25, 0.3) is 0 Å². The minimum atomic E-state index is 0.281. The molecule has 0 bridgehead atoms. The van der Waals surface area contributed by atoms with Crippen LogP contribution in [-0.4, -0.2) is 49.9 Å². The third-order valence-corrected chi connectivity index (χ3v) is 5.22. The number of aliphatic hydroxyl groups is 2. The maximum atomic E-state index is 8.72. The molecule has 0 atom stereocenters. The third-order valence-electron chi connectivity index (χ3n) is 5.22. The summed E-state index contributed by atoms with van der Waals surface area (Å²) < 4.78 is 11.3. The van der Waals surface area contributed by atoms with Crippen molar-refractivity contribution in [1.82, 2.24) is 0 Å². The number of rotatable bonds is 25. The minimum Gasteiger partial charge on any atom is -0.396 e. The summed E-state index contributed by atoms with van der Waals surface area (Å²) in [5.74, 6) is 0. The predicted molar refractivity (Wildman–Crippen MR) is 119 cm³/mol. The molecule has 0 unspecified atom stereocenters. The first-order valence-corrected chi connectivity index (χ1v) is 12.3. The van der Waals surface area contributed by atoms with Gasteiger partial charge in [0, 0.05) is 39.6 Å². The smallest absolute Gasteiger partial charge is 0.0466 e. The normalized spacial score (nSPS) is 11.4. The molecule has 2 N–H and O–H groups in total. The molecule has 0 rings (SSSR count). The van der Waals surface area contributed by atoms with Crippen molar-refractivity contribution in [3.05, 3.63) is 0 Å². The predicted octanol–water partition coefficient (Wildman–Crippen LogP) is 6.03. The Kier molecular flexibility index (Phi) is 26.7. The van der Waals surface area contributed by atoms with E-state index in [9.17, 15) is 0 Å². The van der Waals surface area contributed by atoms with Crippen molar-refractivity contribution in [3.8, 4) is 0 Å². The molecule has 0 saturated carbocycles. The zero-order valence-electron chi connectivity index (χ0n) is 18.7. The highest BCUT2D eigenvalue weighted by atomic mass is 16.5. The second kappa shape index (κ2) is 26.8. The van der Waals surface area contributed by atoms with E-state index in [-0.39, 0.29) is 6.61 Å². The lowest BCUT2D eigenvalue weighted by molar-refractivity contribution is 0.121. The lowest BCUT2D eigenvalue weighted by Crippen LogP contribution is -1.98. The first kappa shape index (κ1) is 27.8. The zero-order chi connectivity index (χ0) is 20.4. The average Bonchev–Trinajstić information content (AvgIpc) is 2.71. The summed E-state index contributed by atoms with van der Waals surface area (Å²) in [6, 6.07) is 0. The summed E-state index contributed by atoms with van der Waals surface area (Å²) in [6.07, 6.45) is 22.1. The number of unbranched alkanes of at least 4 members (excludes halogenated alkanes) is 15. The van der Waals surface area contributed by atoms with Crippen molar-refractivity contribution in [3.63, 3.8) is 0 Å². The van der Waals surface area contributed by atoms with Gasteiger partial charge in [0.05, 0.1) is 0 Å². The van der Waals surface area contributed by atoms with Gasteiger partial charge in [0.25, 0.3) is 0 Å². The Morgan fingerprint density at radius 3 is 0.821 bits per heavy atom. The van der Waals surface area contributed by atoms with Gasteiger partial charge in [0.15, 0.2) is 0 Å². The van der Waals surface area contributed by atoms with Gasteiger partial charge in [-0.2, -0.15) is 0 Å². The Balaban J connectivity index is 2.96. The SMILES string of the molecule is OCCCCCCCCCCOCCCCCCCCCCOCCCCO. The second-order valence-corrected chi connectivity index (χ2v) is 8.04. The molecule has 4 nitrogen and oxygen atoms in total. The lowest BCUT2D eigenvalue weighted by Gasteiger charge is -2.05. The third kappa shape index (κ3) is 25.8. The Labute approximate surface area is 175 Å². The average molecular weight is 403 g/mol. The van der Waals surface area contributed by atoms with Crippen LogP contribution in [-0.2, 0) is 9.47 Å². The van der Waals surface area contributed by atoms with Gasteiger partial charge in [-0.1, -0.05) is 77.0 Å². The molecule has 0 aromatic carbocycles. The van der Waals surface area contributed by atoms with E-state index >= 15 is 0 Å². The molecule has 0 fully saturated rings. The van der Waals surface area contributed by atoms with Gasteiger partial charge in [-0.25, -0.2) is 0 Å². The molecule has 0 aliphatic rings. The molecule has 0 aromatic rings. The Hall–Kier alpha value is -0.160. The van der Waals surface area contributed by atoms with Crippen molar-refractivity contribution < 1.29 is 19.7 Å². The molecule has 0 aliphatic carbocycles. The van der Waals surface area contributed by atoms with Gasteiger partial charge >= 0.3 is 0 Å². The van der Waals surface area contributed by atoms with Crippen LogP contribution in [0.5, 0.6) is 0 Å². The standard InChI is InChI=1S/C24H50O4/c25-19-13-9-5-1-2-6-10-15-21-27-22-16-11-7-3-4-8-12-17-23-28-24-18-14-20-26/h25-26H,1-24H2. The van der Waals surface area contributed by atoms with Crippen LogP contribution < -0.4 is 0 Å². The highest BCUT2D eigenvalue weighted by Gasteiger charge is 1.95. The molecule has 0 aliphatic heterocycles. The number of ether oxygens (including phenoxy) is 2. The minimum absolute atomic E-state index is 0.281. The highest BCUT2D eigenvalue weighted by molar-refractivity contribution is 4.49. The maximum Gasteiger partial charge on any atom is 0.0466 e. The van der Waals surface area contributed by atoms with Gasteiger partial charge in [-0.3, -0.25) is 0 Å². The molecular weight excluding hydrogens is 352 g/mol. The van der Waals surface area contributed by atoms with E-state index in [1.807, 2.05) is 0 Å².